The van der Waals surface area contributed by atoms with Gasteiger partial charge in [-0.3, -0.25) is 0 Å². The first-order chi connectivity index (χ1) is 5.79. The van der Waals surface area contributed by atoms with E-state index in [1.165, 1.54) is 12.3 Å². The predicted molar refractivity (Wildman–Crippen MR) is 50.2 cm³/mol. The van der Waals surface area contributed by atoms with Gasteiger partial charge in [-0.2, -0.15) is 4.98 Å². The van der Waals surface area contributed by atoms with Crippen molar-refractivity contribution in [1.29, 1.82) is 0 Å². The van der Waals surface area contributed by atoms with Crippen LogP contribution in [0.5, 0.6) is 0 Å². The van der Waals surface area contributed by atoms with Crippen molar-refractivity contribution in [2.75, 3.05) is 5.73 Å². The smallest absolute Gasteiger partial charge is 0.346 e. The Kier molecular flexibility index (Phi) is 4.74. The Balaban J connectivity index is 0.000000252. The van der Waals surface area contributed by atoms with Gasteiger partial charge in [-0.05, 0) is 17.9 Å². The molecule has 0 spiro atoms. The van der Waals surface area contributed by atoms with E-state index in [0.717, 1.165) is 0 Å². The molecule has 0 aromatic carbocycles. The van der Waals surface area contributed by atoms with Gasteiger partial charge in [0.1, 0.15) is 5.82 Å². The molecule has 0 saturated heterocycles. The highest BCUT2D eigenvalue weighted by Gasteiger charge is 1.92. The second kappa shape index (κ2) is 5.05. The molecule has 6 N–H and O–H groups in total. The molecule has 74 valence electrons. The van der Waals surface area contributed by atoms with Gasteiger partial charge in [-0.15, -0.1) is 0 Å². The van der Waals surface area contributed by atoms with Crippen LogP contribution in [0.1, 0.15) is 0 Å². The number of H-pyrrole nitrogens is 1. The lowest BCUT2D eigenvalue weighted by Gasteiger charge is -1.88. The summed E-state index contributed by atoms with van der Waals surface area (Å²) in [5, 5.41) is 0. The van der Waals surface area contributed by atoms with Crippen molar-refractivity contribution in [3.8, 4) is 0 Å². The van der Waals surface area contributed by atoms with E-state index < -0.39 is 12.4 Å². The Morgan fingerprint density at radius 2 is 2.00 bits per heavy atom. The van der Waals surface area contributed by atoms with E-state index in [-0.39, 0.29) is 5.82 Å². The molecule has 7 nitrogen and oxygen atoms in total. The quantitative estimate of drug-likeness (QED) is 0.341. The highest BCUT2D eigenvalue weighted by molar-refractivity contribution is 8.06. The van der Waals surface area contributed by atoms with Crippen molar-refractivity contribution in [3.05, 3.63) is 22.7 Å². The van der Waals surface area contributed by atoms with Gasteiger partial charge in [0.25, 0.3) is 0 Å². The van der Waals surface area contributed by atoms with Crippen LogP contribution >= 0.6 is 6.72 Å². The molecule has 1 rings (SSSR count). The molecule has 0 unspecified atom stereocenters. The Hall–Kier alpha value is -0.790. The third-order valence-corrected chi connectivity index (χ3v) is 0.692. The number of aromatic nitrogens is 2. The number of anilines is 1. The van der Waals surface area contributed by atoms with Crippen molar-refractivity contribution in [2.45, 2.75) is 0 Å². The highest BCUT2D eigenvalue weighted by atomic mass is 32.5. The lowest BCUT2D eigenvalue weighted by atomic mass is 10.6. The van der Waals surface area contributed by atoms with Crippen LogP contribution in [0.4, 0.5) is 5.82 Å². The molecule has 0 aliphatic heterocycles. The molecule has 0 fully saturated rings. The van der Waals surface area contributed by atoms with Crippen LogP contribution in [0.3, 0.4) is 0 Å². The lowest BCUT2D eigenvalue weighted by Crippen LogP contribution is -2.10. The summed E-state index contributed by atoms with van der Waals surface area (Å²) in [6.07, 6.45) is 1.45. The van der Waals surface area contributed by atoms with Crippen LogP contribution in [-0.2, 0) is 11.8 Å². The van der Waals surface area contributed by atoms with Gasteiger partial charge < -0.3 is 25.4 Å². The number of nitrogens with zero attached hydrogens (tertiary/aromatic N) is 1. The molecule has 0 aliphatic rings. The van der Waals surface area contributed by atoms with Crippen molar-refractivity contribution in [3.63, 3.8) is 0 Å². The standard InChI is InChI=1S/C4H5N3O.H3O3PS/c5-3-1-2-6-4(8)7-3;1-4(2,3)5/h1-2H,(H3,5,6,7,8);(H3,1,2,3,5). The molecule has 0 amide bonds. The minimum atomic E-state index is -3.81. The maximum absolute atomic E-state index is 10.2. The minimum Gasteiger partial charge on any atom is -0.383 e. The molecule has 0 bridgehead atoms. The van der Waals surface area contributed by atoms with E-state index in [2.05, 4.69) is 21.8 Å². The Labute approximate surface area is 78.1 Å². The Bertz CT molecular complexity index is 352. The van der Waals surface area contributed by atoms with E-state index >= 15 is 0 Å². The topological polar surface area (TPSA) is 132 Å². The molecular weight excluding hydrogens is 217 g/mol. The fourth-order valence-corrected chi connectivity index (χ4v) is 0.385. The van der Waals surface area contributed by atoms with E-state index in [1.54, 1.807) is 0 Å². The maximum atomic E-state index is 10.2. The van der Waals surface area contributed by atoms with Crippen molar-refractivity contribution in [1.82, 2.24) is 9.97 Å². The maximum Gasteiger partial charge on any atom is 0.346 e. The molecule has 0 radical (unpaired) electrons. The average Bonchev–Trinajstić information content (AvgIpc) is 1.81. The highest BCUT2D eigenvalue weighted by Crippen LogP contribution is 2.26. The van der Waals surface area contributed by atoms with Gasteiger partial charge >= 0.3 is 12.4 Å². The van der Waals surface area contributed by atoms with Crippen molar-refractivity contribution < 1.29 is 14.7 Å². The van der Waals surface area contributed by atoms with Gasteiger partial charge in [0.2, 0.25) is 0 Å². The summed E-state index contributed by atoms with van der Waals surface area (Å²) in [5.74, 6) is 0.244. The number of nitrogens with two attached hydrogens (primary N) is 1. The SMILES string of the molecule is Nc1cc[nH]c(=O)n1.OP(O)(O)=S. The van der Waals surface area contributed by atoms with Crippen molar-refractivity contribution in [2.24, 2.45) is 0 Å². The van der Waals surface area contributed by atoms with Crippen molar-refractivity contribution >= 4 is 24.3 Å². The number of aromatic amines is 1. The van der Waals surface area contributed by atoms with Crippen LogP contribution in [0.15, 0.2) is 17.1 Å². The Morgan fingerprint density at radius 3 is 2.23 bits per heavy atom. The fourth-order valence-electron chi connectivity index (χ4n) is 0.385. The average molecular weight is 225 g/mol. The second-order valence-corrected chi connectivity index (χ2v) is 4.33. The number of nitrogens with one attached hydrogen (secondary N) is 1. The van der Waals surface area contributed by atoms with Crippen LogP contribution in [0, 0.1) is 0 Å². The number of rotatable bonds is 0. The minimum absolute atomic E-state index is 0.244. The summed E-state index contributed by atoms with van der Waals surface area (Å²) in [6, 6.07) is 1.52. The molecule has 0 atom stereocenters. The normalized spacial score (nSPS) is 10.1. The summed E-state index contributed by atoms with van der Waals surface area (Å²) in [5.41, 5.74) is 4.72. The van der Waals surface area contributed by atoms with Gasteiger partial charge in [-0.1, -0.05) is 0 Å². The molecular formula is C4H8N3O4PS. The number of hydrogen-bond donors (Lipinski definition) is 5. The molecule has 0 saturated carbocycles. The molecule has 0 aliphatic carbocycles. The molecule has 13 heavy (non-hydrogen) atoms. The third-order valence-electron chi connectivity index (χ3n) is 0.692. The zero-order chi connectivity index (χ0) is 10.5. The summed E-state index contributed by atoms with van der Waals surface area (Å²) in [4.78, 5) is 38.6. The summed E-state index contributed by atoms with van der Waals surface area (Å²) < 4.78 is 0. The predicted octanol–water partition coefficient (Wildman–Crippen LogP) is -1.46. The van der Waals surface area contributed by atoms with E-state index in [4.69, 9.17) is 20.4 Å². The van der Waals surface area contributed by atoms with Crippen LogP contribution in [-0.4, -0.2) is 24.6 Å². The second-order valence-electron chi connectivity index (χ2n) is 1.83. The first kappa shape index (κ1) is 12.2. The van der Waals surface area contributed by atoms with Gasteiger partial charge in [0.15, 0.2) is 0 Å². The number of hydrogen-bond acceptors (Lipinski definition) is 4. The van der Waals surface area contributed by atoms with E-state index in [9.17, 15) is 4.79 Å². The molecule has 1 aromatic heterocycles. The zero-order valence-corrected chi connectivity index (χ0v) is 8.00. The lowest BCUT2D eigenvalue weighted by molar-refractivity contribution is 0.363. The van der Waals surface area contributed by atoms with Gasteiger partial charge in [-0.25, -0.2) is 4.79 Å². The third kappa shape index (κ3) is 11.2. The van der Waals surface area contributed by atoms with Crippen LogP contribution in [0.25, 0.3) is 0 Å². The van der Waals surface area contributed by atoms with Crippen LogP contribution in [0.2, 0.25) is 0 Å². The Morgan fingerprint density at radius 1 is 1.54 bits per heavy atom. The van der Waals surface area contributed by atoms with Crippen LogP contribution < -0.4 is 11.4 Å². The van der Waals surface area contributed by atoms with Gasteiger partial charge in [0.05, 0.1) is 0 Å². The first-order valence-electron chi connectivity index (χ1n) is 2.88. The zero-order valence-electron chi connectivity index (χ0n) is 6.28. The summed E-state index contributed by atoms with van der Waals surface area (Å²) >= 11 is 3.60. The molecule has 9 heteroatoms. The molecule has 1 heterocycles. The summed E-state index contributed by atoms with van der Waals surface area (Å²) in [7, 11) is 0. The van der Waals surface area contributed by atoms with E-state index in [1.807, 2.05) is 0 Å². The number of nitrogen functional groups attached to an aromatic ring is 1. The van der Waals surface area contributed by atoms with Gasteiger partial charge in [0, 0.05) is 6.20 Å². The largest absolute Gasteiger partial charge is 0.383 e. The summed E-state index contributed by atoms with van der Waals surface area (Å²) in [6.45, 7) is -3.81. The molecule has 1 aromatic rings. The fraction of sp³-hybridized carbons (Fsp3) is 0. The first-order valence-corrected chi connectivity index (χ1v) is 5.54. The van der Waals surface area contributed by atoms with E-state index in [0.29, 0.717) is 0 Å². The monoisotopic (exact) mass is 225 g/mol.